The lowest BCUT2D eigenvalue weighted by molar-refractivity contribution is -0.141. The molecule has 2 fully saturated rings. The number of hydrogen-bond acceptors (Lipinski definition) is 4. The Morgan fingerprint density at radius 2 is 1.62 bits per heavy atom. The summed E-state index contributed by atoms with van der Waals surface area (Å²) in [4.78, 5) is 38.2. The molecular weight excluding hydrogens is 306 g/mol. The second-order valence-electron chi connectivity index (χ2n) is 6.77. The number of aryl methyl sites for hydroxylation is 2. The zero-order chi connectivity index (χ0) is 17.3. The number of fused-ring (bicyclic) bond motifs is 1. The summed E-state index contributed by atoms with van der Waals surface area (Å²) in [6.45, 7) is 3.89. The minimum atomic E-state index is -0.414. The highest BCUT2D eigenvalue weighted by atomic mass is 16.5. The van der Waals surface area contributed by atoms with Gasteiger partial charge in [0.05, 0.1) is 18.3 Å². The van der Waals surface area contributed by atoms with Gasteiger partial charge in [-0.05, 0) is 37.8 Å². The van der Waals surface area contributed by atoms with E-state index in [1.54, 1.807) is 0 Å². The summed E-state index contributed by atoms with van der Waals surface area (Å²) < 4.78 is 5.44. The number of carbonyl (C=O) groups excluding carboxylic acids is 3. The molecule has 1 heterocycles. The first-order chi connectivity index (χ1) is 11.5. The van der Waals surface area contributed by atoms with Gasteiger partial charge in [-0.1, -0.05) is 31.0 Å². The third-order valence-corrected chi connectivity index (χ3v) is 5.10. The maximum atomic E-state index is 12.4. The van der Waals surface area contributed by atoms with Gasteiger partial charge in [-0.25, -0.2) is 0 Å². The number of benzene rings is 1. The maximum absolute atomic E-state index is 12.4. The number of likely N-dealkylation sites (tertiary alicyclic amines) is 1. The Hall–Kier alpha value is -2.17. The number of carbonyl (C=O) groups is 3. The van der Waals surface area contributed by atoms with Crippen LogP contribution < -0.4 is 4.74 Å². The summed E-state index contributed by atoms with van der Waals surface area (Å²) >= 11 is 0. The van der Waals surface area contributed by atoms with E-state index in [9.17, 15) is 14.4 Å². The van der Waals surface area contributed by atoms with Crippen molar-refractivity contribution < 1.29 is 19.1 Å². The van der Waals surface area contributed by atoms with Crippen molar-refractivity contribution in [3.05, 3.63) is 29.3 Å². The highest BCUT2D eigenvalue weighted by Gasteiger charge is 2.47. The number of ether oxygens (including phenoxy) is 1. The van der Waals surface area contributed by atoms with Crippen molar-refractivity contribution in [2.45, 2.75) is 46.0 Å². The number of amides is 2. The van der Waals surface area contributed by atoms with E-state index in [4.69, 9.17) is 4.74 Å². The molecule has 0 unspecified atom stereocenters. The highest BCUT2D eigenvalue weighted by Crippen LogP contribution is 2.38. The Kier molecular flexibility index (Phi) is 4.69. The SMILES string of the molecule is Cc1cccc(C)c1OC(=O)CCN1C(=O)[C@H]2CCCC[C@@H]2C1=O. The van der Waals surface area contributed by atoms with Crippen LogP contribution in [0.3, 0.4) is 0 Å². The van der Waals surface area contributed by atoms with E-state index in [0.29, 0.717) is 5.75 Å². The molecule has 24 heavy (non-hydrogen) atoms. The number of hydrogen-bond donors (Lipinski definition) is 0. The first-order valence-electron chi connectivity index (χ1n) is 8.61. The van der Waals surface area contributed by atoms with E-state index in [2.05, 4.69) is 0 Å². The fraction of sp³-hybridized carbons (Fsp3) is 0.526. The first-order valence-corrected chi connectivity index (χ1v) is 8.61. The van der Waals surface area contributed by atoms with Crippen molar-refractivity contribution >= 4 is 17.8 Å². The second-order valence-corrected chi connectivity index (χ2v) is 6.77. The topological polar surface area (TPSA) is 63.7 Å². The third kappa shape index (κ3) is 3.07. The van der Waals surface area contributed by atoms with Crippen LogP contribution in [0, 0.1) is 25.7 Å². The molecule has 1 saturated carbocycles. The molecule has 0 aromatic heterocycles. The van der Waals surface area contributed by atoms with Gasteiger partial charge < -0.3 is 4.74 Å². The van der Waals surface area contributed by atoms with Crippen LogP contribution in [0.2, 0.25) is 0 Å². The molecule has 1 saturated heterocycles. The number of para-hydroxylation sites is 1. The minimum absolute atomic E-state index is 0.0324. The number of esters is 1. The summed E-state index contributed by atoms with van der Waals surface area (Å²) in [5.74, 6) is -0.394. The standard InChI is InChI=1S/C19H23NO4/c1-12-6-5-7-13(2)17(12)24-16(21)10-11-20-18(22)14-8-3-4-9-15(14)19(20)23/h5-7,14-15H,3-4,8-11H2,1-2H3/t14-,15-/m0/s1. The van der Waals surface area contributed by atoms with Crippen molar-refractivity contribution in [1.29, 1.82) is 0 Å². The summed E-state index contributed by atoms with van der Waals surface area (Å²) in [6, 6.07) is 5.67. The smallest absolute Gasteiger partial charge is 0.313 e. The van der Waals surface area contributed by atoms with Crippen LogP contribution in [-0.2, 0) is 14.4 Å². The predicted molar refractivity (Wildman–Crippen MR) is 88.3 cm³/mol. The van der Waals surface area contributed by atoms with Gasteiger partial charge in [0.1, 0.15) is 5.75 Å². The Morgan fingerprint density at radius 3 is 2.17 bits per heavy atom. The van der Waals surface area contributed by atoms with Gasteiger partial charge in [-0.15, -0.1) is 0 Å². The van der Waals surface area contributed by atoms with Crippen LogP contribution in [0.5, 0.6) is 5.75 Å². The third-order valence-electron chi connectivity index (χ3n) is 5.10. The van der Waals surface area contributed by atoms with Crippen molar-refractivity contribution in [2.24, 2.45) is 11.8 Å². The molecule has 2 atom stereocenters. The van der Waals surface area contributed by atoms with Gasteiger partial charge in [0.15, 0.2) is 0 Å². The van der Waals surface area contributed by atoms with Crippen LogP contribution in [0.4, 0.5) is 0 Å². The van der Waals surface area contributed by atoms with Crippen LogP contribution >= 0.6 is 0 Å². The number of rotatable bonds is 4. The molecule has 0 spiro atoms. The molecule has 1 aliphatic heterocycles. The molecule has 128 valence electrons. The number of imide groups is 1. The molecule has 3 rings (SSSR count). The molecule has 5 heteroatoms. The van der Waals surface area contributed by atoms with Gasteiger partial charge in [0.25, 0.3) is 0 Å². The fourth-order valence-electron chi connectivity index (χ4n) is 3.78. The van der Waals surface area contributed by atoms with Crippen LogP contribution in [-0.4, -0.2) is 29.2 Å². The molecule has 1 aromatic rings. The monoisotopic (exact) mass is 329 g/mol. The summed E-state index contributed by atoms with van der Waals surface area (Å²) in [5.41, 5.74) is 1.78. The number of nitrogens with zero attached hydrogens (tertiary/aromatic N) is 1. The van der Waals surface area contributed by atoms with Gasteiger partial charge in [-0.2, -0.15) is 0 Å². The molecule has 2 aliphatic rings. The first kappa shape index (κ1) is 16.7. The quantitative estimate of drug-likeness (QED) is 0.484. The lowest BCUT2D eigenvalue weighted by atomic mass is 9.81. The maximum Gasteiger partial charge on any atom is 0.313 e. The Labute approximate surface area is 142 Å². The highest BCUT2D eigenvalue weighted by molar-refractivity contribution is 6.05. The second kappa shape index (κ2) is 6.75. The lowest BCUT2D eigenvalue weighted by Gasteiger charge is -2.19. The van der Waals surface area contributed by atoms with E-state index in [0.717, 1.165) is 36.8 Å². The van der Waals surface area contributed by atoms with E-state index in [1.165, 1.54) is 4.90 Å². The normalized spacial score (nSPS) is 23.3. The summed E-state index contributed by atoms with van der Waals surface area (Å²) in [5, 5.41) is 0. The van der Waals surface area contributed by atoms with Gasteiger partial charge in [-0.3, -0.25) is 19.3 Å². The largest absolute Gasteiger partial charge is 0.426 e. The van der Waals surface area contributed by atoms with Crippen molar-refractivity contribution in [1.82, 2.24) is 4.90 Å². The van der Waals surface area contributed by atoms with E-state index < -0.39 is 5.97 Å². The van der Waals surface area contributed by atoms with E-state index in [1.807, 2.05) is 32.0 Å². The lowest BCUT2D eigenvalue weighted by Crippen LogP contribution is -2.33. The predicted octanol–water partition coefficient (Wildman–Crippen LogP) is 2.77. The summed E-state index contributed by atoms with van der Waals surface area (Å²) in [7, 11) is 0. The zero-order valence-electron chi connectivity index (χ0n) is 14.2. The molecule has 5 nitrogen and oxygen atoms in total. The molecule has 0 radical (unpaired) electrons. The minimum Gasteiger partial charge on any atom is -0.426 e. The average Bonchev–Trinajstić information content (AvgIpc) is 2.81. The molecular formula is C19H23NO4. The molecule has 1 aromatic carbocycles. The molecule has 1 aliphatic carbocycles. The van der Waals surface area contributed by atoms with Crippen molar-refractivity contribution in [3.8, 4) is 5.75 Å². The fourth-order valence-corrected chi connectivity index (χ4v) is 3.78. The molecule has 2 amide bonds. The van der Waals surface area contributed by atoms with E-state index in [-0.39, 0.29) is 36.6 Å². The van der Waals surface area contributed by atoms with Crippen LogP contribution in [0.15, 0.2) is 18.2 Å². The van der Waals surface area contributed by atoms with Crippen LogP contribution in [0.25, 0.3) is 0 Å². The average molecular weight is 329 g/mol. The molecule has 0 bridgehead atoms. The van der Waals surface area contributed by atoms with Gasteiger partial charge >= 0.3 is 5.97 Å². The van der Waals surface area contributed by atoms with Gasteiger partial charge in [0, 0.05) is 6.54 Å². The van der Waals surface area contributed by atoms with Crippen LogP contribution in [0.1, 0.15) is 43.2 Å². The van der Waals surface area contributed by atoms with Crippen molar-refractivity contribution in [3.63, 3.8) is 0 Å². The molecule has 0 N–H and O–H groups in total. The van der Waals surface area contributed by atoms with E-state index >= 15 is 0 Å². The van der Waals surface area contributed by atoms with Crippen molar-refractivity contribution in [2.75, 3.05) is 6.54 Å². The Bertz CT molecular complexity index is 638. The van der Waals surface area contributed by atoms with Gasteiger partial charge in [0.2, 0.25) is 11.8 Å². The Balaban J connectivity index is 1.60. The summed E-state index contributed by atoms with van der Waals surface area (Å²) in [6.07, 6.45) is 3.62. The zero-order valence-corrected chi connectivity index (χ0v) is 14.2. The Morgan fingerprint density at radius 1 is 1.08 bits per heavy atom.